The summed E-state index contributed by atoms with van der Waals surface area (Å²) in [5.41, 5.74) is 0.237. The molecule has 0 unspecified atom stereocenters. The molecular formula is C17H15F3N2O3. The Hall–Kier alpha value is -2.87. The first-order valence-corrected chi connectivity index (χ1v) is 7.24. The lowest BCUT2D eigenvalue weighted by atomic mass is 10.1. The summed E-state index contributed by atoms with van der Waals surface area (Å²) < 4.78 is 37.4. The van der Waals surface area contributed by atoms with Crippen LogP contribution < -0.4 is 10.6 Å². The molecule has 0 aromatic heterocycles. The number of hydrogen-bond acceptors (Lipinski definition) is 3. The fourth-order valence-corrected chi connectivity index (χ4v) is 2.03. The third kappa shape index (κ3) is 5.32. The predicted octanol–water partition coefficient (Wildman–Crippen LogP) is 2.57. The fourth-order valence-electron chi connectivity index (χ4n) is 2.03. The molecule has 0 saturated heterocycles. The molecule has 0 aliphatic heterocycles. The van der Waals surface area contributed by atoms with Crippen molar-refractivity contribution in [1.82, 2.24) is 5.32 Å². The lowest BCUT2D eigenvalue weighted by molar-refractivity contribution is -0.137. The minimum Gasteiger partial charge on any atom is -0.392 e. The summed E-state index contributed by atoms with van der Waals surface area (Å²) in [6.07, 6.45) is -4.47. The van der Waals surface area contributed by atoms with Gasteiger partial charge in [0.15, 0.2) is 0 Å². The van der Waals surface area contributed by atoms with Crippen molar-refractivity contribution in [3.8, 4) is 0 Å². The van der Waals surface area contributed by atoms with Crippen molar-refractivity contribution in [3.63, 3.8) is 0 Å². The molecule has 0 saturated carbocycles. The molecule has 132 valence electrons. The first-order chi connectivity index (χ1) is 11.8. The molecule has 0 heterocycles. The van der Waals surface area contributed by atoms with Crippen LogP contribution in [-0.2, 0) is 17.6 Å². The normalized spacial score (nSPS) is 11.0. The second-order valence-electron chi connectivity index (χ2n) is 5.16. The molecule has 0 bridgehead atoms. The Morgan fingerprint density at radius 2 is 1.72 bits per heavy atom. The molecule has 2 rings (SSSR count). The minimum atomic E-state index is -4.47. The highest BCUT2D eigenvalue weighted by molar-refractivity contribution is 5.99. The van der Waals surface area contributed by atoms with E-state index in [4.69, 9.17) is 5.11 Å². The van der Waals surface area contributed by atoms with Gasteiger partial charge in [-0.1, -0.05) is 12.1 Å². The third-order valence-electron chi connectivity index (χ3n) is 3.28. The Kier molecular flexibility index (Phi) is 5.76. The summed E-state index contributed by atoms with van der Waals surface area (Å²) in [7, 11) is 0. The molecule has 0 fully saturated rings. The summed E-state index contributed by atoms with van der Waals surface area (Å²) >= 11 is 0. The quantitative estimate of drug-likeness (QED) is 0.774. The smallest absolute Gasteiger partial charge is 0.392 e. The number of carbonyl (C=O) groups excluding carboxylic acids is 2. The van der Waals surface area contributed by atoms with Gasteiger partial charge in [-0.3, -0.25) is 9.59 Å². The van der Waals surface area contributed by atoms with E-state index < -0.39 is 23.6 Å². The first kappa shape index (κ1) is 18.5. The monoisotopic (exact) mass is 352 g/mol. The Balaban J connectivity index is 1.89. The number of halogens is 3. The topological polar surface area (TPSA) is 78.4 Å². The van der Waals surface area contributed by atoms with Gasteiger partial charge < -0.3 is 15.7 Å². The number of rotatable bonds is 5. The van der Waals surface area contributed by atoms with Crippen LogP contribution in [0.5, 0.6) is 0 Å². The van der Waals surface area contributed by atoms with Gasteiger partial charge in [0.2, 0.25) is 5.91 Å². The van der Waals surface area contributed by atoms with E-state index in [2.05, 4.69) is 10.6 Å². The van der Waals surface area contributed by atoms with Crippen LogP contribution in [0.4, 0.5) is 18.9 Å². The molecule has 0 spiro atoms. The van der Waals surface area contributed by atoms with Gasteiger partial charge >= 0.3 is 6.18 Å². The number of alkyl halides is 3. The molecular weight excluding hydrogens is 337 g/mol. The second-order valence-corrected chi connectivity index (χ2v) is 5.16. The maximum Gasteiger partial charge on any atom is 0.416 e. The number of aliphatic hydroxyl groups excluding tert-OH is 1. The first-order valence-electron chi connectivity index (χ1n) is 7.24. The molecule has 25 heavy (non-hydrogen) atoms. The van der Waals surface area contributed by atoms with E-state index >= 15 is 0 Å². The van der Waals surface area contributed by atoms with Crippen LogP contribution in [0.15, 0.2) is 48.5 Å². The highest BCUT2D eigenvalue weighted by Gasteiger charge is 2.30. The molecule has 5 nitrogen and oxygen atoms in total. The van der Waals surface area contributed by atoms with Crippen LogP contribution in [0.1, 0.15) is 21.5 Å². The highest BCUT2D eigenvalue weighted by atomic mass is 19.4. The third-order valence-corrected chi connectivity index (χ3v) is 3.28. The molecule has 0 aliphatic carbocycles. The standard InChI is InChI=1S/C17H15F3N2O3/c18-17(19,20)13-6-4-12(5-7-13)16(25)21-9-15(24)22-14-3-1-2-11(8-14)10-23/h1-8,23H,9-10H2,(H,21,25)(H,22,24). The predicted molar refractivity (Wildman–Crippen MR) is 84.8 cm³/mol. The molecule has 0 radical (unpaired) electrons. The molecule has 0 aliphatic rings. The van der Waals surface area contributed by atoms with Crippen molar-refractivity contribution < 1.29 is 27.9 Å². The zero-order valence-corrected chi connectivity index (χ0v) is 12.9. The van der Waals surface area contributed by atoms with Gasteiger partial charge in [0.05, 0.1) is 18.7 Å². The maximum atomic E-state index is 12.5. The average Bonchev–Trinajstić information content (AvgIpc) is 2.59. The van der Waals surface area contributed by atoms with Gasteiger partial charge in [0.1, 0.15) is 0 Å². The second kappa shape index (κ2) is 7.80. The summed E-state index contributed by atoms with van der Waals surface area (Å²) in [5, 5.41) is 13.9. The minimum absolute atomic E-state index is 0.0167. The number of benzene rings is 2. The molecule has 2 aromatic carbocycles. The van der Waals surface area contributed by atoms with Crippen LogP contribution in [0.2, 0.25) is 0 Å². The Labute approximate surface area is 141 Å². The fraction of sp³-hybridized carbons (Fsp3) is 0.176. The van der Waals surface area contributed by atoms with E-state index in [1.807, 2.05) is 0 Å². The van der Waals surface area contributed by atoms with Crippen LogP contribution in [0, 0.1) is 0 Å². The Bertz CT molecular complexity index is 758. The number of carbonyl (C=O) groups is 2. The van der Waals surface area contributed by atoms with Crippen molar-refractivity contribution in [3.05, 3.63) is 65.2 Å². The van der Waals surface area contributed by atoms with E-state index in [1.54, 1.807) is 24.3 Å². The molecule has 8 heteroatoms. The number of anilines is 1. The van der Waals surface area contributed by atoms with Crippen LogP contribution in [0.3, 0.4) is 0 Å². The van der Waals surface area contributed by atoms with E-state index in [1.165, 1.54) is 0 Å². The number of amides is 2. The van der Waals surface area contributed by atoms with Gasteiger partial charge in [-0.05, 0) is 42.0 Å². The van der Waals surface area contributed by atoms with Crippen LogP contribution in [-0.4, -0.2) is 23.5 Å². The summed E-state index contributed by atoms with van der Waals surface area (Å²) in [6, 6.07) is 10.2. The van der Waals surface area contributed by atoms with Crippen molar-refractivity contribution in [1.29, 1.82) is 0 Å². The van der Waals surface area contributed by atoms with Gasteiger partial charge in [0.25, 0.3) is 5.91 Å². The van der Waals surface area contributed by atoms with Crippen LogP contribution in [0.25, 0.3) is 0 Å². The van der Waals surface area contributed by atoms with E-state index in [0.717, 1.165) is 24.3 Å². The SMILES string of the molecule is O=C(CNC(=O)c1ccc(C(F)(F)F)cc1)Nc1cccc(CO)c1. The van der Waals surface area contributed by atoms with Crippen LogP contribution >= 0.6 is 0 Å². The number of nitrogens with one attached hydrogen (secondary N) is 2. The zero-order valence-electron chi connectivity index (χ0n) is 12.9. The molecule has 2 amide bonds. The zero-order chi connectivity index (χ0) is 18.4. The van der Waals surface area contributed by atoms with Gasteiger partial charge in [-0.25, -0.2) is 0 Å². The van der Waals surface area contributed by atoms with Crippen molar-refractivity contribution >= 4 is 17.5 Å². The van der Waals surface area contributed by atoms with Crippen molar-refractivity contribution in [2.75, 3.05) is 11.9 Å². The van der Waals surface area contributed by atoms with E-state index in [9.17, 15) is 22.8 Å². The van der Waals surface area contributed by atoms with Gasteiger partial charge in [-0.15, -0.1) is 0 Å². The number of aliphatic hydroxyl groups is 1. The molecule has 2 aromatic rings. The lowest BCUT2D eigenvalue weighted by Gasteiger charge is -2.09. The van der Waals surface area contributed by atoms with Crippen molar-refractivity contribution in [2.24, 2.45) is 0 Å². The molecule has 3 N–H and O–H groups in total. The van der Waals surface area contributed by atoms with Gasteiger partial charge in [-0.2, -0.15) is 13.2 Å². The maximum absolute atomic E-state index is 12.5. The largest absolute Gasteiger partial charge is 0.416 e. The van der Waals surface area contributed by atoms with Gasteiger partial charge in [0, 0.05) is 11.3 Å². The summed E-state index contributed by atoms with van der Waals surface area (Å²) in [4.78, 5) is 23.7. The van der Waals surface area contributed by atoms with Crippen molar-refractivity contribution in [2.45, 2.75) is 12.8 Å². The lowest BCUT2D eigenvalue weighted by Crippen LogP contribution is -2.32. The average molecular weight is 352 g/mol. The van der Waals surface area contributed by atoms with E-state index in [0.29, 0.717) is 11.3 Å². The molecule has 0 atom stereocenters. The summed E-state index contributed by atoms with van der Waals surface area (Å²) in [6.45, 7) is -0.516. The van der Waals surface area contributed by atoms with E-state index in [-0.39, 0.29) is 18.7 Å². The number of hydrogen-bond donors (Lipinski definition) is 3. The Morgan fingerprint density at radius 1 is 1.04 bits per heavy atom. The summed E-state index contributed by atoms with van der Waals surface area (Å²) in [5.74, 6) is -1.16. The Morgan fingerprint density at radius 3 is 2.32 bits per heavy atom. The highest BCUT2D eigenvalue weighted by Crippen LogP contribution is 2.29.